The molecular formula is C15H24BrN3O2S. The van der Waals surface area contributed by atoms with E-state index < -0.39 is 9.84 Å². The molecule has 0 radical (unpaired) electrons. The summed E-state index contributed by atoms with van der Waals surface area (Å²) in [6, 6.07) is 8.04. The van der Waals surface area contributed by atoms with Crippen molar-refractivity contribution in [2.24, 2.45) is 4.99 Å². The van der Waals surface area contributed by atoms with Gasteiger partial charge in [-0.3, -0.25) is 0 Å². The van der Waals surface area contributed by atoms with Crippen LogP contribution in [0.3, 0.4) is 0 Å². The van der Waals surface area contributed by atoms with Gasteiger partial charge in [-0.15, -0.1) is 0 Å². The average Bonchev–Trinajstić information content (AvgIpc) is 2.42. The molecule has 0 spiro atoms. The van der Waals surface area contributed by atoms with Crippen LogP contribution in [0.5, 0.6) is 0 Å². The van der Waals surface area contributed by atoms with Crippen LogP contribution in [0.2, 0.25) is 0 Å². The van der Waals surface area contributed by atoms with Gasteiger partial charge in [0.05, 0.1) is 12.3 Å². The zero-order valence-corrected chi connectivity index (χ0v) is 15.7. The Bertz CT molecular complexity index is 603. The van der Waals surface area contributed by atoms with Crippen molar-refractivity contribution < 1.29 is 8.42 Å². The van der Waals surface area contributed by atoms with E-state index in [1.807, 2.05) is 38.1 Å². The van der Waals surface area contributed by atoms with E-state index in [-0.39, 0.29) is 11.8 Å². The van der Waals surface area contributed by atoms with Crippen molar-refractivity contribution in [2.45, 2.75) is 32.9 Å². The molecule has 0 aliphatic heterocycles. The molecule has 1 aromatic carbocycles. The van der Waals surface area contributed by atoms with Crippen molar-refractivity contribution in [2.75, 3.05) is 18.6 Å². The van der Waals surface area contributed by atoms with E-state index in [1.54, 1.807) is 0 Å². The summed E-state index contributed by atoms with van der Waals surface area (Å²) in [7, 11) is -2.93. The minimum atomic E-state index is -2.93. The molecule has 0 bridgehead atoms. The molecular weight excluding hydrogens is 366 g/mol. The number of sulfone groups is 1. The molecule has 0 amide bonds. The minimum Gasteiger partial charge on any atom is -0.357 e. The van der Waals surface area contributed by atoms with Crippen molar-refractivity contribution >= 4 is 31.7 Å². The van der Waals surface area contributed by atoms with Gasteiger partial charge in [-0.2, -0.15) is 0 Å². The van der Waals surface area contributed by atoms with Crippen LogP contribution in [-0.4, -0.2) is 39.0 Å². The molecule has 1 atom stereocenters. The third-order valence-corrected chi connectivity index (χ3v) is 4.43. The normalized spacial score (nSPS) is 13.7. The second-order valence-electron chi connectivity index (χ2n) is 5.29. The molecule has 0 saturated carbocycles. The van der Waals surface area contributed by atoms with Gasteiger partial charge in [0, 0.05) is 23.3 Å². The number of benzene rings is 1. The quantitative estimate of drug-likeness (QED) is 0.554. The van der Waals surface area contributed by atoms with Crippen molar-refractivity contribution in [3.8, 4) is 0 Å². The summed E-state index contributed by atoms with van der Waals surface area (Å²) in [4.78, 5) is 4.53. The van der Waals surface area contributed by atoms with Gasteiger partial charge in [0.1, 0.15) is 9.84 Å². The Morgan fingerprint density at radius 1 is 1.41 bits per heavy atom. The molecule has 124 valence electrons. The van der Waals surface area contributed by atoms with Gasteiger partial charge in [-0.05, 0) is 38.0 Å². The minimum absolute atomic E-state index is 0.0371. The summed E-state index contributed by atoms with van der Waals surface area (Å²) < 4.78 is 23.5. The van der Waals surface area contributed by atoms with Gasteiger partial charge in [0.15, 0.2) is 5.96 Å². The van der Waals surface area contributed by atoms with Crippen LogP contribution in [0.25, 0.3) is 0 Å². The number of halogens is 1. The van der Waals surface area contributed by atoms with Crippen LogP contribution in [0.4, 0.5) is 0 Å². The number of aliphatic imine (C=N–C) groups is 1. The van der Waals surface area contributed by atoms with Crippen molar-refractivity contribution in [3.63, 3.8) is 0 Å². The molecule has 1 rings (SSSR count). The number of hydrogen-bond donors (Lipinski definition) is 2. The zero-order valence-electron chi connectivity index (χ0n) is 13.3. The lowest BCUT2D eigenvalue weighted by molar-refractivity contribution is 0.581. The topological polar surface area (TPSA) is 70.6 Å². The van der Waals surface area contributed by atoms with Crippen LogP contribution in [0.1, 0.15) is 25.8 Å². The van der Waals surface area contributed by atoms with Crippen LogP contribution in [0, 0.1) is 0 Å². The number of nitrogens with one attached hydrogen (secondary N) is 2. The second-order valence-corrected chi connectivity index (χ2v) is 8.46. The maximum atomic E-state index is 11.2. The largest absolute Gasteiger partial charge is 0.357 e. The summed E-state index contributed by atoms with van der Waals surface area (Å²) in [5.74, 6) is 0.870. The Balaban J connectivity index is 2.62. The first-order valence-electron chi connectivity index (χ1n) is 7.27. The van der Waals surface area contributed by atoms with Gasteiger partial charge < -0.3 is 10.6 Å². The SMILES string of the molecule is CCNC(=NCc1cccc(Br)c1)NC(C)CCS(C)(=O)=O. The Labute approximate surface area is 141 Å². The maximum absolute atomic E-state index is 11.2. The lowest BCUT2D eigenvalue weighted by Gasteiger charge is -2.17. The predicted molar refractivity (Wildman–Crippen MR) is 95.9 cm³/mol. The summed E-state index contributed by atoms with van der Waals surface area (Å²) in [6.45, 7) is 5.27. The number of hydrogen-bond acceptors (Lipinski definition) is 3. The first kappa shape index (κ1) is 19.0. The van der Waals surface area contributed by atoms with E-state index in [9.17, 15) is 8.42 Å². The highest BCUT2D eigenvalue weighted by Crippen LogP contribution is 2.12. The summed E-state index contributed by atoms with van der Waals surface area (Å²) in [5, 5.41) is 6.41. The molecule has 1 unspecified atom stereocenters. The summed E-state index contributed by atoms with van der Waals surface area (Å²) in [6.07, 6.45) is 1.81. The van der Waals surface area contributed by atoms with E-state index in [0.717, 1.165) is 16.6 Å². The molecule has 0 heterocycles. The van der Waals surface area contributed by atoms with Crippen LogP contribution in [0.15, 0.2) is 33.7 Å². The number of rotatable bonds is 7. The van der Waals surface area contributed by atoms with E-state index in [0.29, 0.717) is 18.9 Å². The Hall–Kier alpha value is -1.08. The third kappa shape index (κ3) is 8.38. The highest BCUT2D eigenvalue weighted by Gasteiger charge is 2.09. The molecule has 0 saturated heterocycles. The molecule has 22 heavy (non-hydrogen) atoms. The molecule has 5 nitrogen and oxygen atoms in total. The number of nitrogens with zero attached hydrogens (tertiary/aromatic N) is 1. The standard InChI is InChI=1S/C15H24BrN3O2S/c1-4-17-15(19-12(2)8-9-22(3,20)21)18-11-13-6-5-7-14(16)10-13/h5-7,10,12H,4,8-9,11H2,1-3H3,(H2,17,18,19). The fraction of sp³-hybridized carbons (Fsp3) is 0.533. The first-order chi connectivity index (χ1) is 10.3. The lowest BCUT2D eigenvalue weighted by Crippen LogP contribution is -2.42. The Morgan fingerprint density at radius 3 is 2.73 bits per heavy atom. The Morgan fingerprint density at radius 2 is 2.14 bits per heavy atom. The van der Waals surface area contributed by atoms with Gasteiger partial charge >= 0.3 is 0 Å². The third-order valence-electron chi connectivity index (χ3n) is 2.96. The highest BCUT2D eigenvalue weighted by molar-refractivity contribution is 9.10. The van der Waals surface area contributed by atoms with Gasteiger partial charge in [0.2, 0.25) is 0 Å². The number of guanidine groups is 1. The van der Waals surface area contributed by atoms with Crippen LogP contribution < -0.4 is 10.6 Å². The average molecular weight is 390 g/mol. The van der Waals surface area contributed by atoms with E-state index in [1.165, 1.54) is 6.26 Å². The molecule has 2 N–H and O–H groups in total. The molecule has 1 aromatic rings. The van der Waals surface area contributed by atoms with E-state index in [2.05, 4.69) is 31.6 Å². The lowest BCUT2D eigenvalue weighted by atomic mass is 10.2. The smallest absolute Gasteiger partial charge is 0.191 e. The van der Waals surface area contributed by atoms with Gasteiger partial charge in [-0.1, -0.05) is 28.1 Å². The second kappa shape index (κ2) is 9.15. The maximum Gasteiger partial charge on any atom is 0.191 e. The van der Waals surface area contributed by atoms with E-state index in [4.69, 9.17) is 0 Å². The highest BCUT2D eigenvalue weighted by atomic mass is 79.9. The molecule has 0 aliphatic rings. The van der Waals surface area contributed by atoms with Crippen molar-refractivity contribution in [1.82, 2.24) is 10.6 Å². The van der Waals surface area contributed by atoms with Gasteiger partial charge in [-0.25, -0.2) is 13.4 Å². The first-order valence-corrected chi connectivity index (χ1v) is 10.1. The van der Waals surface area contributed by atoms with Crippen molar-refractivity contribution in [3.05, 3.63) is 34.3 Å². The van der Waals surface area contributed by atoms with Gasteiger partial charge in [0.25, 0.3) is 0 Å². The zero-order chi connectivity index (χ0) is 16.6. The van der Waals surface area contributed by atoms with Crippen molar-refractivity contribution in [1.29, 1.82) is 0 Å². The molecule has 7 heteroatoms. The summed E-state index contributed by atoms with van der Waals surface area (Å²) in [5.41, 5.74) is 1.11. The van der Waals surface area contributed by atoms with Crippen LogP contribution in [-0.2, 0) is 16.4 Å². The molecule has 0 aromatic heterocycles. The fourth-order valence-electron chi connectivity index (χ4n) is 1.82. The fourth-order valence-corrected chi connectivity index (χ4v) is 3.05. The predicted octanol–water partition coefficient (Wildman–Crippen LogP) is 2.33. The molecule has 0 aliphatic carbocycles. The van der Waals surface area contributed by atoms with Crippen LogP contribution >= 0.6 is 15.9 Å². The Kier molecular flexibility index (Phi) is 7.89. The molecule has 0 fully saturated rings. The monoisotopic (exact) mass is 389 g/mol. The summed E-state index contributed by atoms with van der Waals surface area (Å²) >= 11 is 3.44. The van der Waals surface area contributed by atoms with E-state index >= 15 is 0 Å².